The predicted molar refractivity (Wildman–Crippen MR) is 92.7 cm³/mol. The Morgan fingerprint density at radius 1 is 1.12 bits per heavy atom. The molecule has 0 aromatic heterocycles. The van der Waals surface area contributed by atoms with E-state index >= 15 is 0 Å². The lowest BCUT2D eigenvalue weighted by molar-refractivity contribution is -0.136. The minimum absolute atomic E-state index is 0.117. The average molecular weight is 414 g/mol. The van der Waals surface area contributed by atoms with Crippen LogP contribution < -0.4 is 9.47 Å². The summed E-state index contributed by atoms with van der Waals surface area (Å²) in [6.07, 6.45) is 0. The van der Waals surface area contributed by atoms with E-state index in [0.717, 1.165) is 4.47 Å². The van der Waals surface area contributed by atoms with Gasteiger partial charge in [0.2, 0.25) is 0 Å². The first-order valence-corrected chi connectivity index (χ1v) is 8.23. The Kier molecular flexibility index (Phi) is 6.63. The second-order valence-electron chi connectivity index (χ2n) is 4.55. The molecule has 0 saturated carbocycles. The number of ether oxygens (including phenoxy) is 3. The Morgan fingerprint density at radius 3 is 2.58 bits per heavy atom. The number of rotatable bonds is 6. The Hall–Kier alpha value is -2.05. The molecule has 2 aromatic rings. The van der Waals surface area contributed by atoms with Gasteiger partial charge in [0.15, 0.2) is 6.61 Å². The van der Waals surface area contributed by atoms with E-state index in [1.165, 1.54) is 12.1 Å². The fourth-order valence-corrected chi connectivity index (χ4v) is 2.54. The molecule has 0 fully saturated rings. The van der Waals surface area contributed by atoms with Gasteiger partial charge in [-0.25, -0.2) is 9.59 Å². The van der Waals surface area contributed by atoms with Gasteiger partial charge in [0.1, 0.15) is 17.1 Å². The number of para-hydroxylation sites is 1. The fraction of sp³-hybridized carbons (Fsp3) is 0.176. The van der Waals surface area contributed by atoms with Crippen LogP contribution in [0.2, 0.25) is 5.02 Å². The third kappa shape index (κ3) is 4.97. The second-order valence-corrected chi connectivity index (χ2v) is 5.88. The molecular formula is C17H14BrClO5. The molecule has 0 aliphatic carbocycles. The number of carbonyl (C=O) groups excluding carboxylic acids is 2. The van der Waals surface area contributed by atoms with Gasteiger partial charge < -0.3 is 14.2 Å². The molecule has 5 nitrogen and oxygen atoms in total. The molecule has 0 saturated heterocycles. The van der Waals surface area contributed by atoms with Gasteiger partial charge in [0.05, 0.1) is 11.6 Å². The van der Waals surface area contributed by atoms with Gasteiger partial charge in [-0.15, -0.1) is 0 Å². The van der Waals surface area contributed by atoms with Crippen LogP contribution in [0.15, 0.2) is 46.9 Å². The summed E-state index contributed by atoms with van der Waals surface area (Å²) in [5.74, 6) is -0.745. The lowest BCUT2D eigenvalue weighted by atomic mass is 10.2. The number of benzene rings is 2. The summed E-state index contributed by atoms with van der Waals surface area (Å²) in [6.45, 7) is 1.58. The van der Waals surface area contributed by atoms with Crippen molar-refractivity contribution in [3.8, 4) is 11.5 Å². The highest BCUT2D eigenvalue weighted by Crippen LogP contribution is 2.27. The Labute approximate surface area is 152 Å². The van der Waals surface area contributed by atoms with Crippen molar-refractivity contribution in [2.75, 3.05) is 13.2 Å². The van der Waals surface area contributed by atoms with Crippen molar-refractivity contribution in [3.63, 3.8) is 0 Å². The first kappa shape index (κ1) is 18.3. The Balaban J connectivity index is 2.01. The van der Waals surface area contributed by atoms with Crippen molar-refractivity contribution >= 4 is 39.5 Å². The second kappa shape index (κ2) is 8.70. The minimum atomic E-state index is -0.661. The molecule has 0 aliphatic heterocycles. The molecule has 0 spiro atoms. The number of hydrogen-bond donors (Lipinski definition) is 0. The maximum Gasteiger partial charge on any atom is 0.349 e. The summed E-state index contributed by atoms with van der Waals surface area (Å²) in [5.41, 5.74) is 0.175. The summed E-state index contributed by atoms with van der Waals surface area (Å²) < 4.78 is 16.2. The molecule has 0 radical (unpaired) electrons. The predicted octanol–water partition coefficient (Wildman–Crippen LogP) is 4.26. The van der Waals surface area contributed by atoms with Crippen molar-refractivity contribution in [1.29, 1.82) is 0 Å². The first-order valence-electron chi connectivity index (χ1n) is 7.06. The lowest BCUT2D eigenvalue weighted by Gasteiger charge is -2.10. The molecule has 24 heavy (non-hydrogen) atoms. The average Bonchev–Trinajstić information content (AvgIpc) is 2.54. The maximum atomic E-state index is 11.9. The van der Waals surface area contributed by atoms with Gasteiger partial charge in [-0.1, -0.05) is 39.7 Å². The van der Waals surface area contributed by atoms with Gasteiger partial charge in [-0.05, 0) is 37.3 Å². The van der Waals surface area contributed by atoms with Gasteiger partial charge >= 0.3 is 11.9 Å². The molecule has 0 atom stereocenters. The molecule has 7 heteroatoms. The highest BCUT2D eigenvalue weighted by Gasteiger charge is 2.16. The molecule has 0 amide bonds. The van der Waals surface area contributed by atoms with Crippen LogP contribution in [0, 0.1) is 0 Å². The van der Waals surface area contributed by atoms with Crippen LogP contribution in [0.3, 0.4) is 0 Å². The standard InChI is InChI=1S/C17H14BrClO5/c1-2-22-17(21)12-5-3-4-6-14(12)24-16(20)10-23-15-8-7-11(18)9-13(15)19/h3-9H,2,10H2,1H3. The summed E-state index contributed by atoms with van der Waals surface area (Å²) in [7, 11) is 0. The first-order chi connectivity index (χ1) is 11.5. The van der Waals surface area contributed by atoms with Crippen LogP contribution in [0.5, 0.6) is 11.5 Å². The zero-order chi connectivity index (χ0) is 17.5. The van der Waals surface area contributed by atoms with E-state index in [1.807, 2.05) is 0 Å². The monoisotopic (exact) mass is 412 g/mol. The largest absolute Gasteiger partial charge is 0.480 e. The van der Waals surface area contributed by atoms with Crippen molar-refractivity contribution in [1.82, 2.24) is 0 Å². The van der Waals surface area contributed by atoms with E-state index in [-0.39, 0.29) is 24.5 Å². The van der Waals surface area contributed by atoms with E-state index in [1.54, 1.807) is 37.3 Å². The third-order valence-corrected chi connectivity index (χ3v) is 3.63. The highest BCUT2D eigenvalue weighted by atomic mass is 79.9. The van der Waals surface area contributed by atoms with Crippen LogP contribution in [-0.4, -0.2) is 25.2 Å². The van der Waals surface area contributed by atoms with E-state index in [0.29, 0.717) is 10.8 Å². The van der Waals surface area contributed by atoms with Gasteiger partial charge in [0, 0.05) is 4.47 Å². The van der Waals surface area contributed by atoms with Crippen molar-refractivity contribution in [3.05, 3.63) is 57.5 Å². The van der Waals surface area contributed by atoms with Gasteiger partial charge in [-0.2, -0.15) is 0 Å². The van der Waals surface area contributed by atoms with E-state index in [4.69, 9.17) is 25.8 Å². The number of hydrogen-bond acceptors (Lipinski definition) is 5. The van der Waals surface area contributed by atoms with Crippen LogP contribution >= 0.6 is 27.5 Å². The van der Waals surface area contributed by atoms with Crippen LogP contribution in [0.1, 0.15) is 17.3 Å². The fourth-order valence-electron chi connectivity index (χ4n) is 1.81. The summed E-state index contributed by atoms with van der Waals surface area (Å²) >= 11 is 9.29. The Morgan fingerprint density at radius 2 is 1.88 bits per heavy atom. The summed E-state index contributed by atoms with van der Waals surface area (Å²) in [6, 6.07) is 11.4. The van der Waals surface area contributed by atoms with E-state index in [9.17, 15) is 9.59 Å². The third-order valence-electron chi connectivity index (χ3n) is 2.85. The SMILES string of the molecule is CCOC(=O)c1ccccc1OC(=O)COc1ccc(Br)cc1Cl. The van der Waals surface area contributed by atoms with Crippen LogP contribution in [0.25, 0.3) is 0 Å². The summed E-state index contributed by atoms with van der Waals surface area (Å²) in [4.78, 5) is 23.8. The van der Waals surface area contributed by atoms with Crippen LogP contribution in [0.4, 0.5) is 0 Å². The van der Waals surface area contributed by atoms with Gasteiger partial charge in [-0.3, -0.25) is 0 Å². The number of carbonyl (C=O) groups is 2. The van der Waals surface area contributed by atoms with E-state index < -0.39 is 11.9 Å². The topological polar surface area (TPSA) is 61.8 Å². The molecule has 2 rings (SSSR count). The van der Waals surface area contributed by atoms with E-state index in [2.05, 4.69) is 15.9 Å². The molecule has 0 bridgehead atoms. The van der Waals surface area contributed by atoms with Gasteiger partial charge in [0.25, 0.3) is 0 Å². The number of esters is 2. The quantitative estimate of drug-likeness (QED) is 0.523. The minimum Gasteiger partial charge on any atom is -0.480 e. The lowest BCUT2D eigenvalue weighted by Crippen LogP contribution is -2.19. The molecule has 2 aromatic carbocycles. The zero-order valence-electron chi connectivity index (χ0n) is 12.8. The molecule has 0 unspecified atom stereocenters. The summed E-state index contributed by atoms with van der Waals surface area (Å²) in [5, 5.41) is 0.365. The normalized spacial score (nSPS) is 10.1. The molecular weight excluding hydrogens is 400 g/mol. The molecule has 0 N–H and O–H groups in total. The highest BCUT2D eigenvalue weighted by molar-refractivity contribution is 9.10. The zero-order valence-corrected chi connectivity index (χ0v) is 15.1. The molecule has 0 aliphatic rings. The van der Waals surface area contributed by atoms with Crippen molar-refractivity contribution in [2.45, 2.75) is 6.92 Å². The van der Waals surface area contributed by atoms with Crippen molar-refractivity contribution < 1.29 is 23.8 Å². The maximum absolute atomic E-state index is 11.9. The Bertz CT molecular complexity index is 748. The smallest absolute Gasteiger partial charge is 0.349 e. The molecule has 126 valence electrons. The van der Waals surface area contributed by atoms with Crippen molar-refractivity contribution in [2.24, 2.45) is 0 Å². The molecule has 0 heterocycles. The number of halogens is 2. The van der Waals surface area contributed by atoms with Crippen LogP contribution in [-0.2, 0) is 9.53 Å².